The van der Waals surface area contributed by atoms with Crippen molar-refractivity contribution < 1.29 is 0 Å². The van der Waals surface area contributed by atoms with E-state index in [-0.39, 0.29) is 0 Å². The average Bonchev–Trinajstić information content (AvgIpc) is 3.31. The van der Waals surface area contributed by atoms with Crippen molar-refractivity contribution >= 4 is 38.8 Å². The van der Waals surface area contributed by atoms with Crippen LogP contribution < -0.4 is 10.6 Å². The summed E-state index contributed by atoms with van der Waals surface area (Å²) in [6.45, 7) is 6.76. The summed E-state index contributed by atoms with van der Waals surface area (Å²) in [5.74, 6) is 0.883. The fourth-order valence-electron chi connectivity index (χ4n) is 2.70. The zero-order chi connectivity index (χ0) is 18.9. The second-order valence-corrected chi connectivity index (χ2v) is 8.51. The van der Waals surface area contributed by atoms with Crippen LogP contribution >= 0.6 is 22.7 Å². The third-order valence-electron chi connectivity index (χ3n) is 4.08. The molecule has 0 bridgehead atoms. The van der Waals surface area contributed by atoms with Gasteiger partial charge in [0.15, 0.2) is 5.96 Å². The van der Waals surface area contributed by atoms with Crippen LogP contribution in [0, 0.1) is 0 Å². The van der Waals surface area contributed by atoms with Gasteiger partial charge in [-0.3, -0.25) is 4.99 Å². The van der Waals surface area contributed by atoms with Crippen LogP contribution in [-0.4, -0.2) is 35.6 Å². The zero-order valence-electron chi connectivity index (χ0n) is 16.0. The molecule has 144 valence electrons. The van der Waals surface area contributed by atoms with Gasteiger partial charge in [-0.15, -0.1) is 22.7 Å². The minimum absolute atomic E-state index is 0.794. The van der Waals surface area contributed by atoms with Crippen molar-refractivity contribution in [1.82, 2.24) is 20.6 Å². The molecule has 2 N–H and O–H groups in total. The van der Waals surface area contributed by atoms with Crippen LogP contribution in [0.3, 0.4) is 0 Å². The Labute approximate surface area is 169 Å². The number of thiazole rings is 2. The molecule has 0 atom stereocenters. The molecule has 0 aliphatic rings. The van der Waals surface area contributed by atoms with Crippen LogP contribution in [0.1, 0.15) is 35.2 Å². The number of hydrogen-bond acceptors (Lipinski definition) is 5. The van der Waals surface area contributed by atoms with Gasteiger partial charge in [-0.2, -0.15) is 0 Å². The molecule has 0 aliphatic heterocycles. The number of aryl methyl sites for hydroxylation is 2. The normalized spacial score (nSPS) is 11.9. The minimum Gasteiger partial charge on any atom is -0.357 e. The van der Waals surface area contributed by atoms with E-state index in [2.05, 4.69) is 52.7 Å². The van der Waals surface area contributed by atoms with Crippen LogP contribution in [0.15, 0.2) is 35.5 Å². The predicted molar refractivity (Wildman–Crippen MR) is 117 cm³/mol. The number of fused-ring (bicyclic) bond motifs is 1. The van der Waals surface area contributed by atoms with Gasteiger partial charge in [-0.25, -0.2) is 9.97 Å². The maximum atomic E-state index is 4.69. The highest BCUT2D eigenvalue weighted by Crippen LogP contribution is 2.22. The predicted octanol–water partition coefficient (Wildman–Crippen LogP) is 4.05. The van der Waals surface area contributed by atoms with E-state index in [9.17, 15) is 0 Å². The lowest BCUT2D eigenvalue weighted by molar-refractivity contribution is 0.774. The van der Waals surface area contributed by atoms with Crippen molar-refractivity contribution in [2.75, 3.05) is 19.6 Å². The highest BCUT2D eigenvalue weighted by atomic mass is 32.1. The first-order chi connectivity index (χ1) is 13.3. The Hall–Kier alpha value is -1.99. The number of aromatic nitrogens is 2. The molecule has 2 heterocycles. The van der Waals surface area contributed by atoms with Gasteiger partial charge in [0.25, 0.3) is 0 Å². The number of benzene rings is 1. The number of rotatable bonds is 9. The number of aliphatic imine (C=N–C) groups is 1. The fraction of sp³-hybridized carbons (Fsp3) is 0.450. The number of nitrogens with zero attached hydrogens (tertiary/aromatic N) is 3. The van der Waals surface area contributed by atoms with Crippen molar-refractivity contribution in [3.63, 3.8) is 0 Å². The molecule has 5 nitrogen and oxygen atoms in total. The summed E-state index contributed by atoms with van der Waals surface area (Å²) < 4.78 is 1.26. The molecule has 2 aromatic heterocycles. The highest BCUT2D eigenvalue weighted by Gasteiger charge is 2.04. The Bertz CT molecular complexity index is 835. The summed E-state index contributed by atoms with van der Waals surface area (Å²) >= 11 is 3.59. The largest absolute Gasteiger partial charge is 0.357 e. The van der Waals surface area contributed by atoms with Crippen LogP contribution in [0.4, 0.5) is 0 Å². The molecule has 0 spiro atoms. The average molecular weight is 402 g/mol. The lowest BCUT2D eigenvalue weighted by Crippen LogP contribution is -2.38. The Morgan fingerprint density at radius 3 is 2.74 bits per heavy atom. The number of hydrogen-bond donors (Lipinski definition) is 2. The first-order valence-electron chi connectivity index (χ1n) is 9.58. The number of guanidine groups is 1. The molecule has 7 heteroatoms. The van der Waals surface area contributed by atoms with Crippen molar-refractivity contribution in [3.05, 3.63) is 45.4 Å². The molecular formula is C20H27N5S2. The molecule has 0 radical (unpaired) electrons. The van der Waals surface area contributed by atoms with Gasteiger partial charge >= 0.3 is 0 Å². The molecule has 0 aliphatic carbocycles. The lowest BCUT2D eigenvalue weighted by Gasteiger charge is -2.10. The first kappa shape index (κ1) is 19.8. The minimum atomic E-state index is 0.794. The van der Waals surface area contributed by atoms with Crippen LogP contribution in [-0.2, 0) is 19.3 Å². The van der Waals surface area contributed by atoms with Crippen LogP contribution in [0.2, 0.25) is 0 Å². The quantitative estimate of drug-likeness (QED) is 0.323. The van der Waals surface area contributed by atoms with E-state index in [1.807, 2.05) is 12.3 Å². The second-order valence-electron chi connectivity index (χ2n) is 6.19. The van der Waals surface area contributed by atoms with Crippen molar-refractivity contribution in [2.45, 2.75) is 39.5 Å². The molecule has 3 aromatic rings. The summed E-state index contributed by atoms with van der Waals surface area (Å²) in [5, 5.41) is 9.10. The van der Waals surface area contributed by atoms with E-state index in [1.54, 1.807) is 22.7 Å². The summed E-state index contributed by atoms with van der Waals surface area (Å²) in [7, 11) is 0. The summed E-state index contributed by atoms with van der Waals surface area (Å²) in [5.41, 5.74) is 1.10. The van der Waals surface area contributed by atoms with E-state index in [1.165, 1.54) is 19.6 Å². The highest BCUT2D eigenvalue weighted by molar-refractivity contribution is 7.18. The van der Waals surface area contributed by atoms with Gasteiger partial charge in [-0.05, 0) is 31.9 Å². The van der Waals surface area contributed by atoms with Gasteiger partial charge in [0.2, 0.25) is 0 Å². The third kappa shape index (κ3) is 6.01. The fourth-order valence-corrected chi connectivity index (χ4v) is 4.58. The Balaban J connectivity index is 1.43. The van der Waals surface area contributed by atoms with E-state index >= 15 is 0 Å². The van der Waals surface area contributed by atoms with Gasteiger partial charge in [0.1, 0.15) is 0 Å². The van der Waals surface area contributed by atoms with E-state index in [0.29, 0.717) is 0 Å². The Kier molecular flexibility index (Phi) is 7.59. The molecule has 1 aromatic carbocycles. The second kappa shape index (κ2) is 10.4. The smallest absolute Gasteiger partial charge is 0.191 e. The van der Waals surface area contributed by atoms with E-state index in [0.717, 1.165) is 56.8 Å². The monoisotopic (exact) mass is 401 g/mol. The van der Waals surface area contributed by atoms with Crippen molar-refractivity contribution in [3.8, 4) is 0 Å². The summed E-state index contributed by atoms with van der Waals surface area (Å²) in [6.07, 6.45) is 5.95. The van der Waals surface area contributed by atoms with Crippen molar-refractivity contribution in [1.29, 1.82) is 0 Å². The molecule has 3 rings (SSSR count). The lowest BCUT2D eigenvalue weighted by atomic mass is 10.3. The first-order valence-corrected chi connectivity index (χ1v) is 11.2. The topological polar surface area (TPSA) is 62.2 Å². The molecule has 0 amide bonds. The molecule has 0 saturated carbocycles. The van der Waals surface area contributed by atoms with Gasteiger partial charge in [0.05, 0.1) is 20.2 Å². The molecule has 0 fully saturated rings. The Morgan fingerprint density at radius 2 is 1.96 bits per heavy atom. The van der Waals surface area contributed by atoms with E-state index < -0.39 is 0 Å². The van der Waals surface area contributed by atoms with Crippen LogP contribution in [0.25, 0.3) is 10.2 Å². The zero-order valence-corrected chi connectivity index (χ0v) is 17.6. The van der Waals surface area contributed by atoms with Crippen LogP contribution in [0.5, 0.6) is 0 Å². The van der Waals surface area contributed by atoms with Gasteiger partial charge < -0.3 is 10.6 Å². The number of nitrogens with one attached hydrogen (secondary N) is 2. The molecular weight excluding hydrogens is 374 g/mol. The van der Waals surface area contributed by atoms with Gasteiger partial charge in [-0.1, -0.05) is 19.1 Å². The maximum absolute atomic E-state index is 4.69. The Morgan fingerprint density at radius 1 is 1.07 bits per heavy atom. The summed E-state index contributed by atoms with van der Waals surface area (Å²) in [4.78, 5) is 15.2. The maximum Gasteiger partial charge on any atom is 0.191 e. The van der Waals surface area contributed by atoms with E-state index in [4.69, 9.17) is 4.98 Å². The molecule has 0 saturated heterocycles. The SMILES string of the molecule is CCNC(=NCCCc1nc2ccccc2s1)NCCc1ncc(CC)s1. The van der Waals surface area contributed by atoms with Crippen molar-refractivity contribution in [2.24, 2.45) is 4.99 Å². The molecule has 27 heavy (non-hydrogen) atoms. The standard InChI is InChI=1S/C20H27N5S2/c1-3-15-14-24-18(26-15)11-13-23-20(21-4-2)22-12-7-10-19-25-16-8-5-6-9-17(16)27-19/h5-6,8-9,14H,3-4,7,10-13H2,1-2H3,(H2,21,22,23). The summed E-state index contributed by atoms with van der Waals surface area (Å²) in [6, 6.07) is 8.32. The number of para-hydroxylation sites is 1. The third-order valence-corrected chi connectivity index (χ3v) is 6.38. The molecule has 0 unspecified atom stereocenters. The van der Waals surface area contributed by atoms with Gasteiger partial charge in [0, 0.05) is 43.5 Å².